The minimum atomic E-state index is -4.17. The summed E-state index contributed by atoms with van der Waals surface area (Å²) in [5.74, 6) is -0.773. The molecule has 7 nitrogen and oxygen atoms in total. The number of nitriles is 1. The Hall–Kier alpha value is -3.44. The van der Waals surface area contributed by atoms with Gasteiger partial charge < -0.3 is 4.42 Å². The van der Waals surface area contributed by atoms with Crippen LogP contribution in [0.1, 0.15) is 5.76 Å². The summed E-state index contributed by atoms with van der Waals surface area (Å²) in [6, 6.07) is 11.0. The topological polar surface area (TPSA) is 113 Å². The molecule has 0 saturated heterocycles. The lowest BCUT2D eigenvalue weighted by molar-refractivity contribution is -0.115. The number of nitrogens with zero attached hydrogens (tertiary/aromatic N) is 2. The van der Waals surface area contributed by atoms with Crippen LogP contribution in [-0.2, 0) is 14.8 Å². The van der Waals surface area contributed by atoms with Gasteiger partial charge in [0.15, 0.2) is 0 Å². The second-order valence-corrected chi connectivity index (χ2v) is 6.62. The van der Waals surface area contributed by atoms with Crippen LogP contribution in [0.15, 0.2) is 69.9 Å². The molecule has 2 aromatic heterocycles. The van der Waals surface area contributed by atoms with Crippen molar-refractivity contribution in [2.75, 3.05) is 0 Å². The van der Waals surface area contributed by atoms with Gasteiger partial charge in [-0.15, -0.1) is 0 Å². The zero-order chi connectivity index (χ0) is 17.9. The Bertz CT molecular complexity index is 1110. The van der Waals surface area contributed by atoms with Crippen LogP contribution in [-0.4, -0.2) is 19.3 Å². The van der Waals surface area contributed by atoms with Crippen molar-refractivity contribution >= 4 is 32.8 Å². The molecule has 2 heterocycles. The molecule has 0 fully saturated rings. The molecule has 25 heavy (non-hydrogen) atoms. The van der Waals surface area contributed by atoms with Crippen LogP contribution >= 0.6 is 0 Å². The van der Waals surface area contributed by atoms with Crippen molar-refractivity contribution in [1.82, 2.24) is 9.71 Å². The van der Waals surface area contributed by atoms with E-state index >= 15 is 0 Å². The molecule has 0 saturated carbocycles. The third-order valence-corrected chi connectivity index (χ3v) is 4.74. The summed E-state index contributed by atoms with van der Waals surface area (Å²) in [5, 5.41) is 10.1. The number of amides is 1. The predicted octanol–water partition coefficient (Wildman–Crippen LogP) is 2.24. The lowest BCUT2D eigenvalue weighted by Gasteiger charge is -2.09. The van der Waals surface area contributed by atoms with Crippen molar-refractivity contribution in [3.63, 3.8) is 0 Å². The van der Waals surface area contributed by atoms with Crippen molar-refractivity contribution in [3.8, 4) is 6.07 Å². The first-order valence-electron chi connectivity index (χ1n) is 7.06. The van der Waals surface area contributed by atoms with Crippen LogP contribution in [0.4, 0.5) is 0 Å². The quantitative estimate of drug-likeness (QED) is 0.568. The van der Waals surface area contributed by atoms with Gasteiger partial charge in [-0.25, -0.2) is 13.1 Å². The molecule has 124 valence electrons. The van der Waals surface area contributed by atoms with Gasteiger partial charge in [0, 0.05) is 29.2 Å². The van der Waals surface area contributed by atoms with Crippen LogP contribution < -0.4 is 4.72 Å². The Labute approximate surface area is 143 Å². The highest BCUT2D eigenvalue weighted by molar-refractivity contribution is 7.90. The van der Waals surface area contributed by atoms with E-state index in [0.717, 1.165) is 6.08 Å². The number of nitrogens with one attached hydrogen (secondary N) is 1. The van der Waals surface area contributed by atoms with Crippen LogP contribution in [0, 0.1) is 11.3 Å². The fourth-order valence-electron chi connectivity index (χ4n) is 2.22. The number of pyridine rings is 1. The van der Waals surface area contributed by atoms with E-state index in [9.17, 15) is 13.2 Å². The minimum Gasteiger partial charge on any atom is -0.465 e. The molecule has 0 radical (unpaired) electrons. The fourth-order valence-corrected chi connectivity index (χ4v) is 3.42. The molecule has 0 aliphatic rings. The lowest BCUT2D eigenvalue weighted by atomic mass is 10.2. The maximum Gasteiger partial charge on any atom is 0.275 e. The van der Waals surface area contributed by atoms with Crippen molar-refractivity contribution in [2.45, 2.75) is 4.90 Å². The number of rotatable bonds is 4. The zero-order valence-electron chi connectivity index (χ0n) is 12.7. The Balaban J connectivity index is 1.96. The number of hydrogen-bond donors (Lipinski definition) is 1. The monoisotopic (exact) mass is 353 g/mol. The van der Waals surface area contributed by atoms with E-state index in [1.165, 1.54) is 36.9 Å². The van der Waals surface area contributed by atoms with Gasteiger partial charge >= 0.3 is 0 Å². The van der Waals surface area contributed by atoms with Crippen molar-refractivity contribution in [1.29, 1.82) is 5.26 Å². The number of carbonyl (C=O) groups is 1. The summed E-state index contributed by atoms with van der Waals surface area (Å²) in [7, 11) is -4.17. The summed E-state index contributed by atoms with van der Waals surface area (Å²) in [6.45, 7) is 0. The molecule has 0 unspecified atom stereocenters. The summed E-state index contributed by atoms with van der Waals surface area (Å²) in [6.07, 6.45) is 5.52. The van der Waals surface area contributed by atoms with Crippen LogP contribution in [0.25, 0.3) is 16.8 Å². The number of furan rings is 1. The van der Waals surface area contributed by atoms with Gasteiger partial charge in [-0.3, -0.25) is 9.78 Å². The molecule has 0 bridgehead atoms. The first kappa shape index (κ1) is 16.4. The molecule has 3 rings (SSSR count). The molecule has 1 N–H and O–H groups in total. The van der Waals surface area contributed by atoms with E-state index in [0.29, 0.717) is 10.8 Å². The molecular weight excluding hydrogens is 342 g/mol. The maximum absolute atomic E-state index is 12.6. The van der Waals surface area contributed by atoms with Crippen molar-refractivity contribution in [2.24, 2.45) is 0 Å². The van der Waals surface area contributed by atoms with E-state index in [-0.39, 0.29) is 16.2 Å². The maximum atomic E-state index is 12.6. The van der Waals surface area contributed by atoms with Gasteiger partial charge in [0.05, 0.1) is 11.2 Å². The largest absolute Gasteiger partial charge is 0.465 e. The molecule has 1 aromatic carbocycles. The zero-order valence-corrected chi connectivity index (χ0v) is 13.5. The predicted molar refractivity (Wildman–Crippen MR) is 89.4 cm³/mol. The summed E-state index contributed by atoms with van der Waals surface area (Å²) >= 11 is 0. The highest BCUT2D eigenvalue weighted by atomic mass is 32.2. The molecule has 8 heteroatoms. The number of benzene rings is 1. The van der Waals surface area contributed by atoms with E-state index in [2.05, 4.69) is 4.98 Å². The average Bonchev–Trinajstić information content (AvgIpc) is 3.11. The summed E-state index contributed by atoms with van der Waals surface area (Å²) < 4.78 is 32.1. The van der Waals surface area contributed by atoms with E-state index in [4.69, 9.17) is 9.68 Å². The van der Waals surface area contributed by atoms with Gasteiger partial charge in [0.25, 0.3) is 15.9 Å². The second kappa shape index (κ2) is 6.59. The number of carbonyl (C=O) groups excluding carboxylic acids is 1. The normalized spacial score (nSPS) is 11.9. The first-order valence-corrected chi connectivity index (χ1v) is 8.55. The Morgan fingerprint density at radius 3 is 2.80 bits per heavy atom. The van der Waals surface area contributed by atoms with Gasteiger partial charge in [-0.1, -0.05) is 12.1 Å². The van der Waals surface area contributed by atoms with Gasteiger partial charge in [-0.2, -0.15) is 5.26 Å². The molecule has 0 spiro atoms. The number of sulfonamides is 1. The third kappa shape index (κ3) is 3.41. The van der Waals surface area contributed by atoms with E-state index in [1.54, 1.807) is 24.3 Å². The number of hydrogen-bond acceptors (Lipinski definition) is 6. The smallest absolute Gasteiger partial charge is 0.275 e. The Morgan fingerprint density at radius 1 is 1.24 bits per heavy atom. The summed E-state index contributed by atoms with van der Waals surface area (Å²) in [4.78, 5) is 16.1. The molecule has 1 amide bonds. The minimum absolute atomic E-state index is 0.0731. The molecule has 3 aromatic rings. The second-order valence-electron chi connectivity index (χ2n) is 4.97. The number of aromatic nitrogens is 1. The molecule has 0 aliphatic heterocycles. The highest BCUT2D eigenvalue weighted by Crippen LogP contribution is 2.22. The molecular formula is C17H11N3O4S. The lowest BCUT2D eigenvalue weighted by Crippen LogP contribution is -2.31. The fraction of sp³-hybridized carbons (Fsp3) is 0. The van der Waals surface area contributed by atoms with E-state index < -0.39 is 15.9 Å². The first-order chi connectivity index (χ1) is 12.0. The average molecular weight is 353 g/mol. The highest BCUT2D eigenvalue weighted by Gasteiger charge is 2.22. The summed E-state index contributed by atoms with van der Waals surface area (Å²) in [5.41, 5.74) is -0.388. The Morgan fingerprint density at radius 2 is 2.08 bits per heavy atom. The molecule has 0 atom stereocenters. The van der Waals surface area contributed by atoms with Gasteiger partial charge in [0.1, 0.15) is 17.4 Å². The molecule has 0 aliphatic carbocycles. The van der Waals surface area contributed by atoms with Crippen LogP contribution in [0.5, 0.6) is 0 Å². The number of fused-ring (bicyclic) bond motifs is 1. The van der Waals surface area contributed by atoms with Crippen LogP contribution in [0.2, 0.25) is 0 Å². The van der Waals surface area contributed by atoms with Gasteiger partial charge in [0.2, 0.25) is 0 Å². The standard InChI is InChI=1S/C17H11N3O4S/c18-10-13(9-14-4-2-8-24-14)17(21)20-25(22,23)16-5-1-3-12-11-19-7-6-15(12)16/h1-9,11H,(H,20,21). The Kier molecular flexibility index (Phi) is 4.33. The van der Waals surface area contributed by atoms with Crippen LogP contribution in [0.3, 0.4) is 0 Å². The third-order valence-electron chi connectivity index (χ3n) is 3.35. The van der Waals surface area contributed by atoms with E-state index in [1.807, 2.05) is 4.72 Å². The van der Waals surface area contributed by atoms with Crippen molar-refractivity contribution < 1.29 is 17.6 Å². The van der Waals surface area contributed by atoms with Gasteiger partial charge in [-0.05, 0) is 24.3 Å². The SMILES string of the molecule is N#CC(=Cc1ccco1)C(=O)NS(=O)(=O)c1cccc2cnccc12. The van der Waals surface area contributed by atoms with Crippen molar-refractivity contribution in [3.05, 3.63) is 66.4 Å².